The van der Waals surface area contributed by atoms with Crippen molar-refractivity contribution in [2.75, 3.05) is 5.75 Å². The third-order valence-corrected chi connectivity index (χ3v) is 6.73. The third kappa shape index (κ3) is 2.55. The van der Waals surface area contributed by atoms with Gasteiger partial charge in [-0.15, -0.1) is 0 Å². The molecule has 0 spiro atoms. The standard InChI is InChI=1S/C8H10ClOPS/c1-2-12-11(9,10)8-6-4-3-5-7-8/h3-7H,2H2,1H3. The summed E-state index contributed by atoms with van der Waals surface area (Å²) in [6, 6.07) is 9.19. The molecule has 1 unspecified atom stereocenters. The van der Waals surface area contributed by atoms with Crippen LogP contribution in [0, 0.1) is 0 Å². The van der Waals surface area contributed by atoms with Gasteiger partial charge in [-0.1, -0.05) is 36.5 Å². The molecule has 1 aromatic carbocycles. The van der Waals surface area contributed by atoms with Crippen molar-refractivity contribution in [1.82, 2.24) is 0 Å². The van der Waals surface area contributed by atoms with Crippen molar-refractivity contribution >= 4 is 33.6 Å². The number of benzene rings is 1. The molecule has 1 atom stereocenters. The average Bonchev–Trinajstić information content (AvgIpc) is 2.06. The van der Waals surface area contributed by atoms with Crippen molar-refractivity contribution in [3.63, 3.8) is 0 Å². The molecule has 1 aromatic rings. The van der Waals surface area contributed by atoms with Crippen LogP contribution in [0.3, 0.4) is 0 Å². The fourth-order valence-corrected chi connectivity index (χ4v) is 4.88. The van der Waals surface area contributed by atoms with Crippen LogP contribution in [0.25, 0.3) is 0 Å². The van der Waals surface area contributed by atoms with Crippen molar-refractivity contribution in [2.24, 2.45) is 0 Å². The Morgan fingerprint density at radius 1 is 1.42 bits per heavy atom. The van der Waals surface area contributed by atoms with Crippen LogP contribution in [0.15, 0.2) is 30.3 Å². The predicted octanol–water partition coefficient (Wildman–Crippen LogP) is 3.50. The highest BCUT2D eigenvalue weighted by Crippen LogP contribution is 2.61. The first-order valence-corrected chi connectivity index (χ1v) is 7.87. The zero-order valence-electron chi connectivity index (χ0n) is 6.74. The Kier molecular flexibility index (Phi) is 3.70. The summed E-state index contributed by atoms with van der Waals surface area (Å²) in [5.41, 5.74) is -2.66. The van der Waals surface area contributed by atoms with Gasteiger partial charge in [-0.2, -0.15) is 0 Å². The van der Waals surface area contributed by atoms with E-state index in [0.29, 0.717) is 0 Å². The molecule has 66 valence electrons. The van der Waals surface area contributed by atoms with E-state index in [2.05, 4.69) is 0 Å². The second-order valence-corrected chi connectivity index (χ2v) is 8.89. The molecule has 1 rings (SSSR count). The summed E-state index contributed by atoms with van der Waals surface area (Å²) >= 11 is 7.19. The molecule has 0 aromatic heterocycles. The Morgan fingerprint density at radius 2 is 2.00 bits per heavy atom. The number of hydrogen-bond donors (Lipinski definition) is 0. The van der Waals surface area contributed by atoms with E-state index in [1.54, 1.807) is 12.1 Å². The highest BCUT2D eigenvalue weighted by atomic mass is 35.7. The zero-order valence-corrected chi connectivity index (χ0v) is 9.20. The van der Waals surface area contributed by atoms with E-state index < -0.39 is 5.70 Å². The molecule has 1 nitrogen and oxygen atoms in total. The maximum atomic E-state index is 11.7. The predicted molar refractivity (Wildman–Crippen MR) is 57.7 cm³/mol. The number of halogens is 1. The molecule has 4 heteroatoms. The van der Waals surface area contributed by atoms with Gasteiger partial charge in [0, 0.05) is 5.30 Å². The van der Waals surface area contributed by atoms with Crippen molar-refractivity contribution < 1.29 is 4.57 Å². The first kappa shape index (κ1) is 10.2. The monoisotopic (exact) mass is 220 g/mol. The Labute approximate surface area is 81.4 Å². The van der Waals surface area contributed by atoms with Crippen molar-refractivity contribution in [3.05, 3.63) is 30.3 Å². The fourth-order valence-electron chi connectivity index (χ4n) is 0.847. The minimum Gasteiger partial charge on any atom is -0.290 e. The van der Waals surface area contributed by atoms with Gasteiger partial charge in [0.1, 0.15) is 0 Å². The molecule has 0 N–H and O–H groups in total. The summed E-state index contributed by atoms with van der Waals surface area (Å²) in [6.45, 7) is 1.95. The summed E-state index contributed by atoms with van der Waals surface area (Å²) in [5.74, 6) is 0.773. The molecule has 0 fully saturated rings. The number of rotatable bonds is 3. The Bertz CT molecular complexity index is 288. The minimum atomic E-state index is -2.66. The molecule has 0 bridgehead atoms. The molecule has 0 radical (unpaired) electrons. The van der Waals surface area contributed by atoms with Gasteiger partial charge in [-0.3, -0.25) is 4.57 Å². The smallest absolute Gasteiger partial charge is 0.250 e. The zero-order chi connectivity index (χ0) is 9.03. The molecule has 0 saturated heterocycles. The van der Waals surface area contributed by atoms with Gasteiger partial charge in [0.15, 0.2) is 0 Å². The van der Waals surface area contributed by atoms with Gasteiger partial charge < -0.3 is 0 Å². The van der Waals surface area contributed by atoms with Gasteiger partial charge in [0.25, 0.3) is 0 Å². The summed E-state index contributed by atoms with van der Waals surface area (Å²) in [4.78, 5) is 0. The highest BCUT2D eigenvalue weighted by Gasteiger charge is 2.20. The molecule has 0 aliphatic rings. The molecule has 0 aliphatic carbocycles. The van der Waals surface area contributed by atoms with Crippen LogP contribution in [-0.4, -0.2) is 5.75 Å². The average molecular weight is 221 g/mol. The topological polar surface area (TPSA) is 17.1 Å². The van der Waals surface area contributed by atoms with Gasteiger partial charge in [0.05, 0.1) is 0 Å². The van der Waals surface area contributed by atoms with E-state index in [9.17, 15) is 4.57 Å². The largest absolute Gasteiger partial charge is 0.290 e. The molecule has 0 saturated carbocycles. The van der Waals surface area contributed by atoms with Gasteiger partial charge >= 0.3 is 0 Å². The van der Waals surface area contributed by atoms with Gasteiger partial charge in [-0.25, -0.2) is 0 Å². The van der Waals surface area contributed by atoms with Crippen molar-refractivity contribution in [1.29, 1.82) is 0 Å². The molecule has 0 aliphatic heterocycles. The Balaban J connectivity index is 2.90. The lowest BCUT2D eigenvalue weighted by atomic mass is 10.4. The van der Waals surface area contributed by atoms with Crippen LogP contribution in [0.4, 0.5) is 0 Å². The van der Waals surface area contributed by atoms with Crippen molar-refractivity contribution in [3.8, 4) is 0 Å². The summed E-state index contributed by atoms with van der Waals surface area (Å²) in [7, 11) is 0. The first-order valence-electron chi connectivity index (χ1n) is 3.66. The molecular weight excluding hydrogens is 211 g/mol. The lowest BCUT2D eigenvalue weighted by Gasteiger charge is -2.07. The van der Waals surface area contributed by atoms with E-state index in [1.807, 2.05) is 25.1 Å². The van der Waals surface area contributed by atoms with E-state index >= 15 is 0 Å². The third-order valence-electron chi connectivity index (χ3n) is 1.36. The van der Waals surface area contributed by atoms with Crippen LogP contribution in [0.1, 0.15) is 6.92 Å². The molecule has 0 amide bonds. The molecule has 12 heavy (non-hydrogen) atoms. The lowest BCUT2D eigenvalue weighted by Crippen LogP contribution is -1.96. The maximum absolute atomic E-state index is 11.7. The quantitative estimate of drug-likeness (QED) is 0.726. The highest BCUT2D eigenvalue weighted by molar-refractivity contribution is 8.67. The Hall–Kier alpha value is 0.0900. The fraction of sp³-hybridized carbons (Fsp3) is 0.250. The minimum absolute atomic E-state index is 0.735. The maximum Gasteiger partial charge on any atom is 0.250 e. The second-order valence-electron chi connectivity index (χ2n) is 2.23. The summed E-state index contributed by atoms with van der Waals surface area (Å²) in [6.07, 6.45) is 0. The van der Waals surface area contributed by atoms with Crippen LogP contribution in [0.2, 0.25) is 0 Å². The van der Waals surface area contributed by atoms with E-state index in [-0.39, 0.29) is 0 Å². The van der Waals surface area contributed by atoms with Crippen LogP contribution in [0.5, 0.6) is 0 Å². The molecule has 0 heterocycles. The molecular formula is C8H10ClOPS. The van der Waals surface area contributed by atoms with Gasteiger partial charge in [-0.05, 0) is 29.1 Å². The second kappa shape index (κ2) is 4.36. The van der Waals surface area contributed by atoms with Crippen LogP contribution < -0.4 is 5.30 Å². The van der Waals surface area contributed by atoms with Gasteiger partial charge in [0.2, 0.25) is 5.70 Å². The van der Waals surface area contributed by atoms with E-state index in [4.69, 9.17) is 11.2 Å². The first-order chi connectivity index (χ1) is 5.67. The van der Waals surface area contributed by atoms with E-state index in [0.717, 1.165) is 11.1 Å². The Morgan fingerprint density at radius 3 is 2.50 bits per heavy atom. The van der Waals surface area contributed by atoms with Crippen LogP contribution in [-0.2, 0) is 4.57 Å². The van der Waals surface area contributed by atoms with E-state index in [1.165, 1.54) is 11.4 Å². The summed E-state index contributed by atoms with van der Waals surface area (Å²) < 4.78 is 11.7. The SMILES string of the molecule is CCSP(=O)(Cl)c1ccccc1. The van der Waals surface area contributed by atoms with Crippen molar-refractivity contribution in [2.45, 2.75) is 6.92 Å². The van der Waals surface area contributed by atoms with Crippen LogP contribution >= 0.6 is 28.3 Å². The number of hydrogen-bond acceptors (Lipinski definition) is 2. The lowest BCUT2D eigenvalue weighted by molar-refractivity contribution is 0.598. The summed E-state index contributed by atoms with van der Waals surface area (Å²) in [5, 5.41) is 0.735. The normalized spacial score (nSPS) is 15.5.